The molecule has 0 bridgehead atoms. The number of benzene rings is 3. The number of nitrogens with one attached hydrogen (secondary N) is 2. The summed E-state index contributed by atoms with van der Waals surface area (Å²) in [5.41, 5.74) is 2.66. The molecule has 0 saturated carbocycles. The second-order valence-electron chi connectivity index (χ2n) is 8.22. The van der Waals surface area contributed by atoms with Crippen LogP contribution in [0.3, 0.4) is 0 Å². The number of aryl methyl sites for hydroxylation is 1. The van der Waals surface area contributed by atoms with Crippen LogP contribution in [0.1, 0.15) is 11.1 Å². The van der Waals surface area contributed by atoms with Gasteiger partial charge in [-0.2, -0.15) is 8.42 Å². The number of likely N-dealkylation sites (N-methyl/N-ethyl adjacent to an activating group) is 1. The van der Waals surface area contributed by atoms with Gasteiger partial charge in [0.15, 0.2) is 0 Å². The molecule has 9 nitrogen and oxygen atoms in total. The van der Waals surface area contributed by atoms with E-state index in [-0.39, 0.29) is 6.42 Å². The lowest BCUT2D eigenvalue weighted by atomic mass is 10.0. The van der Waals surface area contributed by atoms with Gasteiger partial charge in [-0.1, -0.05) is 42.5 Å². The second kappa shape index (κ2) is 11.6. The lowest BCUT2D eigenvalue weighted by Gasteiger charge is -2.26. The van der Waals surface area contributed by atoms with Crippen molar-refractivity contribution in [1.29, 1.82) is 0 Å². The van der Waals surface area contributed by atoms with Gasteiger partial charge in [-0.15, -0.1) is 0 Å². The van der Waals surface area contributed by atoms with E-state index in [1.54, 1.807) is 56.6 Å². The minimum Gasteiger partial charge on any atom is -0.497 e. The van der Waals surface area contributed by atoms with Gasteiger partial charge in [0.25, 0.3) is 0 Å². The molecule has 3 amide bonds. The largest absolute Gasteiger partial charge is 0.497 e. The zero-order valence-electron chi connectivity index (χ0n) is 20.6. The van der Waals surface area contributed by atoms with E-state index in [0.29, 0.717) is 17.1 Å². The highest BCUT2D eigenvalue weighted by atomic mass is 32.2. The maximum atomic E-state index is 13.4. The molecular formula is C26H30N4O5S. The number of rotatable bonds is 9. The smallest absolute Gasteiger partial charge is 0.330 e. The Balaban J connectivity index is 1.79. The highest BCUT2D eigenvalue weighted by Gasteiger charge is 2.28. The van der Waals surface area contributed by atoms with Crippen LogP contribution in [0.4, 0.5) is 16.2 Å². The number of ether oxygens (including phenoxy) is 1. The van der Waals surface area contributed by atoms with Gasteiger partial charge in [-0.05, 0) is 54.4 Å². The number of hydrogen-bond acceptors (Lipinski definition) is 5. The zero-order chi connectivity index (χ0) is 26.3. The maximum absolute atomic E-state index is 13.4. The number of carbonyl (C=O) groups is 2. The molecule has 2 N–H and O–H groups in total. The molecule has 0 radical (unpaired) electrons. The fourth-order valence-corrected chi connectivity index (χ4v) is 4.37. The van der Waals surface area contributed by atoms with Gasteiger partial charge in [0.05, 0.1) is 12.8 Å². The molecular weight excluding hydrogens is 480 g/mol. The summed E-state index contributed by atoms with van der Waals surface area (Å²) in [6.07, 6.45) is 0.168. The average Bonchev–Trinajstić information content (AvgIpc) is 2.87. The number of hydrogen-bond donors (Lipinski definition) is 2. The molecule has 36 heavy (non-hydrogen) atoms. The van der Waals surface area contributed by atoms with Gasteiger partial charge in [0.1, 0.15) is 11.8 Å². The Morgan fingerprint density at radius 2 is 1.58 bits per heavy atom. The van der Waals surface area contributed by atoms with Crippen LogP contribution < -0.4 is 24.0 Å². The van der Waals surface area contributed by atoms with Gasteiger partial charge in [0, 0.05) is 26.2 Å². The van der Waals surface area contributed by atoms with Crippen molar-refractivity contribution in [2.24, 2.45) is 0 Å². The summed E-state index contributed by atoms with van der Waals surface area (Å²) in [5, 5.41) is 2.54. The summed E-state index contributed by atoms with van der Waals surface area (Å²) < 4.78 is 33.8. The number of nitrogens with zero attached hydrogens (tertiary/aromatic N) is 2. The standard InChI is InChI=1S/C26H30N4O5S/c1-19-9-8-12-22(17-19)30(3)36(33,34)28-26(32)27-24(18-20-10-6-5-7-11-20)25(31)29(2)21-13-15-23(35-4)16-14-21/h5-17,24H,18H2,1-4H3,(H2,27,28,32)/t24-/m0/s1. The minimum absolute atomic E-state index is 0.168. The van der Waals surface area contributed by atoms with Crippen LogP contribution in [-0.2, 0) is 21.4 Å². The van der Waals surface area contributed by atoms with Crippen molar-refractivity contribution in [1.82, 2.24) is 10.0 Å². The molecule has 3 aromatic carbocycles. The quantitative estimate of drug-likeness (QED) is 0.459. The van der Waals surface area contributed by atoms with Crippen molar-refractivity contribution >= 4 is 33.5 Å². The number of anilines is 2. The predicted molar refractivity (Wildman–Crippen MR) is 141 cm³/mol. The zero-order valence-corrected chi connectivity index (χ0v) is 21.5. The number of methoxy groups -OCH3 is 1. The summed E-state index contributed by atoms with van der Waals surface area (Å²) in [7, 11) is 0.256. The normalized spacial score (nSPS) is 11.8. The van der Waals surface area contributed by atoms with Gasteiger partial charge in [-0.25, -0.2) is 9.52 Å². The van der Waals surface area contributed by atoms with E-state index in [4.69, 9.17) is 4.74 Å². The molecule has 3 aromatic rings. The summed E-state index contributed by atoms with van der Waals surface area (Å²) in [6, 6.07) is 20.9. The van der Waals surface area contributed by atoms with E-state index in [9.17, 15) is 18.0 Å². The second-order valence-corrected chi connectivity index (χ2v) is 9.93. The van der Waals surface area contributed by atoms with Crippen molar-refractivity contribution in [3.63, 3.8) is 0 Å². The number of amides is 3. The Hall–Kier alpha value is -4.05. The molecule has 0 aliphatic heterocycles. The van der Waals surface area contributed by atoms with E-state index in [1.807, 2.05) is 48.0 Å². The van der Waals surface area contributed by atoms with Gasteiger partial charge < -0.3 is 15.0 Å². The average molecular weight is 511 g/mol. The van der Waals surface area contributed by atoms with Gasteiger partial charge in [0.2, 0.25) is 5.91 Å². The highest BCUT2D eigenvalue weighted by molar-refractivity contribution is 7.91. The molecule has 0 aliphatic carbocycles. The fraction of sp³-hybridized carbons (Fsp3) is 0.231. The van der Waals surface area contributed by atoms with E-state index in [0.717, 1.165) is 15.4 Å². The third-order valence-corrected chi connectivity index (χ3v) is 7.00. The summed E-state index contributed by atoms with van der Waals surface area (Å²) in [4.78, 5) is 27.6. The third-order valence-electron chi connectivity index (χ3n) is 5.62. The van der Waals surface area contributed by atoms with Crippen LogP contribution in [0.2, 0.25) is 0 Å². The Morgan fingerprint density at radius 1 is 0.917 bits per heavy atom. The minimum atomic E-state index is -4.22. The first-order valence-electron chi connectivity index (χ1n) is 11.2. The molecule has 0 spiro atoms. The molecule has 0 aromatic heterocycles. The van der Waals surface area contributed by atoms with Crippen molar-refractivity contribution in [2.75, 3.05) is 30.4 Å². The Morgan fingerprint density at radius 3 is 2.19 bits per heavy atom. The van der Waals surface area contributed by atoms with Gasteiger partial charge in [-0.3, -0.25) is 9.10 Å². The van der Waals surface area contributed by atoms with E-state index < -0.39 is 28.2 Å². The molecule has 0 heterocycles. The van der Waals surface area contributed by atoms with E-state index in [2.05, 4.69) is 5.32 Å². The van der Waals surface area contributed by atoms with Crippen LogP contribution in [0.25, 0.3) is 0 Å². The van der Waals surface area contributed by atoms with Crippen molar-refractivity contribution in [3.8, 4) is 5.75 Å². The maximum Gasteiger partial charge on any atom is 0.330 e. The molecule has 10 heteroatoms. The summed E-state index contributed by atoms with van der Waals surface area (Å²) >= 11 is 0. The molecule has 3 rings (SSSR count). The topological polar surface area (TPSA) is 108 Å². The van der Waals surface area contributed by atoms with Crippen molar-refractivity contribution in [3.05, 3.63) is 90.0 Å². The first-order chi connectivity index (χ1) is 17.1. The Bertz CT molecular complexity index is 1300. The van der Waals surface area contributed by atoms with E-state index in [1.165, 1.54) is 11.9 Å². The van der Waals surface area contributed by atoms with Crippen LogP contribution in [-0.4, -0.2) is 47.6 Å². The van der Waals surface area contributed by atoms with Crippen molar-refractivity contribution in [2.45, 2.75) is 19.4 Å². The fourth-order valence-electron chi connectivity index (χ4n) is 3.55. The Kier molecular flexibility index (Phi) is 8.55. The monoisotopic (exact) mass is 510 g/mol. The summed E-state index contributed by atoms with van der Waals surface area (Å²) in [6.45, 7) is 1.84. The molecule has 190 valence electrons. The third kappa shape index (κ3) is 6.76. The van der Waals surface area contributed by atoms with Crippen LogP contribution >= 0.6 is 0 Å². The highest BCUT2D eigenvalue weighted by Crippen LogP contribution is 2.20. The van der Waals surface area contributed by atoms with Gasteiger partial charge >= 0.3 is 16.2 Å². The number of urea groups is 1. The van der Waals surface area contributed by atoms with E-state index >= 15 is 0 Å². The molecule has 0 saturated heterocycles. The first-order valence-corrected chi connectivity index (χ1v) is 12.6. The lowest BCUT2D eigenvalue weighted by Crippen LogP contribution is -2.54. The Labute approximate surface area is 211 Å². The summed E-state index contributed by atoms with van der Waals surface area (Å²) in [5.74, 6) is 0.226. The lowest BCUT2D eigenvalue weighted by molar-refractivity contribution is -0.120. The van der Waals surface area contributed by atoms with Crippen molar-refractivity contribution < 1.29 is 22.7 Å². The molecule has 0 aliphatic rings. The molecule has 0 unspecified atom stereocenters. The van der Waals surface area contributed by atoms with Crippen LogP contribution in [0.15, 0.2) is 78.9 Å². The van der Waals surface area contributed by atoms with Crippen LogP contribution in [0.5, 0.6) is 5.75 Å². The molecule has 0 fully saturated rings. The molecule has 1 atom stereocenters. The number of carbonyl (C=O) groups excluding carboxylic acids is 2. The first kappa shape index (κ1) is 26.6. The predicted octanol–water partition coefficient (Wildman–Crippen LogP) is 3.26. The SMILES string of the molecule is COc1ccc(N(C)C(=O)[C@H](Cc2ccccc2)NC(=O)NS(=O)(=O)N(C)c2cccc(C)c2)cc1. The van der Waals surface area contributed by atoms with Crippen LogP contribution in [0, 0.1) is 6.92 Å².